The highest BCUT2D eigenvalue weighted by Gasteiger charge is 2.27. The first kappa shape index (κ1) is 15.2. The summed E-state index contributed by atoms with van der Waals surface area (Å²) >= 11 is 5.99. The fraction of sp³-hybridized carbons (Fsp3) is 0.211. The van der Waals surface area contributed by atoms with Gasteiger partial charge in [0.1, 0.15) is 11.7 Å². The molecule has 0 bridgehead atoms. The van der Waals surface area contributed by atoms with Crippen molar-refractivity contribution in [1.29, 1.82) is 0 Å². The number of rotatable bonds is 2. The van der Waals surface area contributed by atoms with Gasteiger partial charge in [-0.15, -0.1) is 0 Å². The maximum Gasteiger partial charge on any atom is 0.289 e. The lowest BCUT2D eigenvalue weighted by atomic mass is 10.1. The normalized spacial score (nSPS) is 18.0. The molecule has 2 aromatic carbocycles. The number of furan rings is 1. The monoisotopic (exact) mass is 341 g/mol. The quantitative estimate of drug-likeness (QED) is 0.698. The van der Waals surface area contributed by atoms with E-state index >= 15 is 0 Å². The largest absolute Gasteiger partial charge is 0.451 e. The Morgan fingerprint density at radius 3 is 2.79 bits per heavy atom. The fourth-order valence-corrected chi connectivity index (χ4v) is 3.16. The number of hydrogen-bond acceptors (Lipinski definition) is 3. The molecule has 1 atom stereocenters. The number of carbonyl (C=O) groups is 1. The minimum atomic E-state index is -0.119. The molecule has 24 heavy (non-hydrogen) atoms. The molecule has 1 unspecified atom stereocenters. The van der Waals surface area contributed by atoms with Gasteiger partial charge >= 0.3 is 0 Å². The van der Waals surface area contributed by atoms with Crippen LogP contribution in [0.5, 0.6) is 0 Å². The van der Waals surface area contributed by atoms with Crippen molar-refractivity contribution in [2.24, 2.45) is 0 Å². The van der Waals surface area contributed by atoms with Crippen LogP contribution in [-0.2, 0) is 4.74 Å². The van der Waals surface area contributed by atoms with Gasteiger partial charge in [0.15, 0.2) is 5.76 Å². The summed E-state index contributed by atoms with van der Waals surface area (Å²) < 4.78 is 11.5. The third-order valence-electron chi connectivity index (χ3n) is 4.21. The van der Waals surface area contributed by atoms with Gasteiger partial charge in [0.2, 0.25) is 0 Å². The lowest BCUT2D eigenvalue weighted by Crippen LogP contribution is -2.42. The molecule has 2 heterocycles. The van der Waals surface area contributed by atoms with Crippen molar-refractivity contribution in [1.82, 2.24) is 4.90 Å². The molecular weight excluding hydrogens is 326 g/mol. The molecule has 4 rings (SSSR count). The van der Waals surface area contributed by atoms with Crippen LogP contribution in [-0.4, -0.2) is 30.5 Å². The zero-order chi connectivity index (χ0) is 16.5. The molecule has 3 aromatic rings. The summed E-state index contributed by atoms with van der Waals surface area (Å²) in [5, 5.41) is 1.46. The lowest BCUT2D eigenvalue weighted by molar-refractivity contribution is -0.0237. The van der Waals surface area contributed by atoms with Crippen LogP contribution < -0.4 is 0 Å². The van der Waals surface area contributed by atoms with Crippen molar-refractivity contribution in [2.75, 3.05) is 19.7 Å². The van der Waals surface area contributed by atoms with Crippen LogP contribution in [0, 0.1) is 0 Å². The molecular formula is C19H16ClNO3. The molecule has 1 aliphatic heterocycles. The van der Waals surface area contributed by atoms with Crippen LogP contribution >= 0.6 is 11.6 Å². The van der Waals surface area contributed by atoms with Gasteiger partial charge in [-0.2, -0.15) is 0 Å². The van der Waals surface area contributed by atoms with Crippen LogP contribution in [0.15, 0.2) is 59.0 Å². The van der Waals surface area contributed by atoms with Crippen LogP contribution in [0.2, 0.25) is 5.02 Å². The van der Waals surface area contributed by atoms with Gasteiger partial charge < -0.3 is 14.1 Å². The zero-order valence-electron chi connectivity index (χ0n) is 12.9. The molecule has 0 radical (unpaired) electrons. The van der Waals surface area contributed by atoms with Gasteiger partial charge in [0, 0.05) is 17.0 Å². The van der Waals surface area contributed by atoms with Crippen LogP contribution in [0.3, 0.4) is 0 Å². The van der Waals surface area contributed by atoms with E-state index in [-0.39, 0.29) is 12.0 Å². The molecule has 1 aromatic heterocycles. The van der Waals surface area contributed by atoms with Crippen molar-refractivity contribution in [3.8, 4) is 0 Å². The Hall–Kier alpha value is -2.30. The van der Waals surface area contributed by atoms with E-state index < -0.39 is 0 Å². The van der Waals surface area contributed by atoms with E-state index in [1.54, 1.807) is 29.2 Å². The van der Waals surface area contributed by atoms with Gasteiger partial charge in [-0.05, 0) is 29.8 Å². The second-order valence-electron chi connectivity index (χ2n) is 5.81. The standard InChI is InChI=1S/C19H16ClNO3/c20-15-6-7-16-14(10-15)11-17(24-16)19(22)21-8-9-23-18(12-21)13-4-2-1-3-5-13/h1-7,10-11,18H,8-9,12H2. The fourth-order valence-electron chi connectivity index (χ4n) is 2.98. The number of fused-ring (bicyclic) bond motifs is 1. The molecule has 0 aliphatic carbocycles. The molecule has 4 nitrogen and oxygen atoms in total. The number of ether oxygens (including phenoxy) is 1. The topological polar surface area (TPSA) is 42.7 Å². The molecule has 1 aliphatic rings. The number of halogens is 1. The predicted molar refractivity (Wildman–Crippen MR) is 92.3 cm³/mol. The Kier molecular flexibility index (Phi) is 4.00. The number of hydrogen-bond donors (Lipinski definition) is 0. The highest BCUT2D eigenvalue weighted by atomic mass is 35.5. The first-order valence-electron chi connectivity index (χ1n) is 7.85. The third kappa shape index (κ3) is 2.90. The number of morpholine rings is 1. The van der Waals surface area contributed by atoms with Gasteiger partial charge in [-0.25, -0.2) is 0 Å². The Morgan fingerprint density at radius 1 is 1.12 bits per heavy atom. The van der Waals surface area contributed by atoms with Gasteiger partial charge in [0.05, 0.1) is 13.2 Å². The summed E-state index contributed by atoms with van der Waals surface area (Å²) in [6.45, 7) is 1.58. The summed E-state index contributed by atoms with van der Waals surface area (Å²) in [7, 11) is 0. The minimum Gasteiger partial charge on any atom is -0.451 e. The van der Waals surface area contributed by atoms with Crippen molar-refractivity contribution in [3.05, 3.63) is 70.9 Å². The Morgan fingerprint density at radius 2 is 1.96 bits per heavy atom. The number of benzene rings is 2. The van der Waals surface area contributed by atoms with Crippen LogP contribution in [0.4, 0.5) is 0 Å². The SMILES string of the molecule is O=C(c1cc2cc(Cl)ccc2o1)N1CCOC(c2ccccc2)C1. The van der Waals surface area contributed by atoms with Crippen molar-refractivity contribution in [2.45, 2.75) is 6.10 Å². The average molecular weight is 342 g/mol. The zero-order valence-corrected chi connectivity index (χ0v) is 13.7. The van der Waals surface area contributed by atoms with Gasteiger partial charge in [-0.3, -0.25) is 4.79 Å². The van der Waals surface area contributed by atoms with E-state index in [9.17, 15) is 4.79 Å². The summed E-state index contributed by atoms with van der Waals surface area (Å²) in [5.41, 5.74) is 1.74. The van der Waals surface area contributed by atoms with E-state index in [2.05, 4.69) is 0 Å². The van der Waals surface area contributed by atoms with E-state index in [4.69, 9.17) is 20.8 Å². The maximum absolute atomic E-state index is 12.8. The highest BCUT2D eigenvalue weighted by molar-refractivity contribution is 6.31. The van der Waals surface area contributed by atoms with Gasteiger partial charge in [-0.1, -0.05) is 41.9 Å². The smallest absolute Gasteiger partial charge is 0.289 e. The molecule has 5 heteroatoms. The summed E-state index contributed by atoms with van der Waals surface area (Å²) in [6.07, 6.45) is -0.109. The number of carbonyl (C=O) groups excluding carboxylic acids is 1. The second-order valence-corrected chi connectivity index (χ2v) is 6.25. The van der Waals surface area contributed by atoms with Gasteiger partial charge in [0.25, 0.3) is 5.91 Å². The summed E-state index contributed by atoms with van der Waals surface area (Å²) in [6, 6.07) is 17.0. The molecule has 0 spiro atoms. The first-order valence-corrected chi connectivity index (χ1v) is 8.23. The van der Waals surface area contributed by atoms with E-state index in [1.807, 2.05) is 30.3 Å². The molecule has 1 saturated heterocycles. The summed E-state index contributed by atoms with van der Waals surface area (Å²) in [5.74, 6) is 0.215. The average Bonchev–Trinajstić information content (AvgIpc) is 3.05. The second kappa shape index (κ2) is 6.30. The van der Waals surface area contributed by atoms with Crippen molar-refractivity contribution >= 4 is 28.5 Å². The lowest BCUT2D eigenvalue weighted by Gasteiger charge is -2.32. The number of nitrogens with zero attached hydrogens (tertiary/aromatic N) is 1. The molecule has 0 saturated carbocycles. The number of amides is 1. The molecule has 1 amide bonds. The molecule has 0 N–H and O–H groups in total. The van der Waals surface area contributed by atoms with Crippen LogP contribution in [0.1, 0.15) is 22.2 Å². The molecule has 122 valence electrons. The highest BCUT2D eigenvalue weighted by Crippen LogP contribution is 2.26. The van der Waals surface area contributed by atoms with Crippen molar-refractivity contribution in [3.63, 3.8) is 0 Å². The van der Waals surface area contributed by atoms with E-state index in [0.717, 1.165) is 10.9 Å². The Bertz CT molecular complexity index is 875. The van der Waals surface area contributed by atoms with E-state index in [1.165, 1.54) is 0 Å². The van der Waals surface area contributed by atoms with E-state index in [0.29, 0.717) is 36.1 Å². The molecule has 1 fully saturated rings. The Labute approximate surface area is 144 Å². The van der Waals surface area contributed by atoms with Crippen LogP contribution in [0.25, 0.3) is 11.0 Å². The summed E-state index contributed by atoms with van der Waals surface area (Å²) in [4.78, 5) is 14.6. The predicted octanol–water partition coefficient (Wildman–Crippen LogP) is 4.30. The first-order chi connectivity index (χ1) is 11.7. The van der Waals surface area contributed by atoms with Crippen molar-refractivity contribution < 1.29 is 13.9 Å². The third-order valence-corrected chi connectivity index (χ3v) is 4.45. The minimum absolute atomic E-state index is 0.109. The Balaban J connectivity index is 1.56. The maximum atomic E-state index is 12.8.